The first-order valence-electron chi connectivity index (χ1n) is 6.73. The van der Waals surface area contributed by atoms with E-state index in [-0.39, 0.29) is 18.3 Å². The number of thiazole rings is 1. The number of carbonyl (C=O) groups excluding carboxylic acids is 1. The van der Waals surface area contributed by atoms with Gasteiger partial charge < -0.3 is 5.73 Å². The highest BCUT2D eigenvalue weighted by Crippen LogP contribution is 2.38. The smallest absolute Gasteiger partial charge is 0.231 e. The van der Waals surface area contributed by atoms with Gasteiger partial charge in [0.05, 0.1) is 11.3 Å². The van der Waals surface area contributed by atoms with Gasteiger partial charge in [0, 0.05) is 18.3 Å². The van der Waals surface area contributed by atoms with Gasteiger partial charge in [0.15, 0.2) is 5.96 Å². The number of aliphatic imine (C=N–C) groups is 1. The Morgan fingerprint density at radius 2 is 2.23 bits per heavy atom. The summed E-state index contributed by atoms with van der Waals surface area (Å²) in [5.74, 6) is 0.160. The lowest BCUT2D eigenvalue weighted by Crippen LogP contribution is -2.47. The highest BCUT2D eigenvalue weighted by atomic mass is 35.5. The number of hydrogen-bond donors (Lipinski definition) is 1. The topological polar surface area (TPSA) is 71.6 Å². The van der Waals surface area contributed by atoms with Gasteiger partial charge in [0.2, 0.25) is 5.91 Å². The summed E-state index contributed by atoms with van der Waals surface area (Å²) in [6, 6.07) is 7.59. The van der Waals surface area contributed by atoms with Crippen LogP contribution in [0.25, 0.3) is 10.4 Å². The summed E-state index contributed by atoms with van der Waals surface area (Å²) in [7, 11) is 1.62. The Morgan fingerprint density at radius 1 is 1.45 bits per heavy atom. The third-order valence-electron chi connectivity index (χ3n) is 3.65. The lowest BCUT2D eigenvalue weighted by atomic mass is 9.97. The molecule has 0 aliphatic carbocycles. The summed E-state index contributed by atoms with van der Waals surface area (Å²) in [6.07, 6.45) is 2.04. The van der Waals surface area contributed by atoms with Gasteiger partial charge in [-0.2, -0.15) is 0 Å². The third kappa shape index (κ3) is 2.60. The first-order valence-corrected chi connectivity index (χ1v) is 7.93. The number of amides is 1. The molecule has 1 amide bonds. The molecule has 0 radical (unpaired) electrons. The molecule has 0 fully saturated rings. The summed E-state index contributed by atoms with van der Waals surface area (Å²) in [5, 5.41) is 1.45. The van der Waals surface area contributed by atoms with Crippen LogP contribution in [0.4, 0.5) is 0 Å². The quantitative estimate of drug-likeness (QED) is 0.917. The zero-order valence-electron chi connectivity index (χ0n) is 12.2. The molecule has 1 unspecified atom stereocenters. The molecule has 22 heavy (non-hydrogen) atoms. The number of aromatic nitrogens is 1. The van der Waals surface area contributed by atoms with Crippen LogP contribution < -0.4 is 5.73 Å². The van der Waals surface area contributed by atoms with Crippen LogP contribution in [0.5, 0.6) is 0 Å². The van der Waals surface area contributed by atoms with E-state index in [4.69, 9.17) is 17.3 Å². The van der Waals surface area contributed by atoms with E-state index in [1.807, 2.05) is 31.2 Å². The molecule has 1 aliphatic heterocycles. The first kappa shape index (κ1) is 15.0. The molecule has 0 saturated carbocycles. The Morgan fingerprint density at radius 3 is 2.91 bits per heavy atom. The summed E-state index contributed by atoms with van der Waals surface area (Å²) in [5.41, 5.74) is 6.12. The van der Waals surface area contributed by atoms with Gasteiger partial charge >= 0.3 is 0 Å². The van der Waals surface area contributed by atoms with Crippen LogP contribution in [0.15, 0.2) is 35.5 Å². The maximum absolute atomic E-state index is 12.0. The van der Waals surface area contributed by atoms with Crippen LogP contribution >= 0.6 is 22.9 Å². The predicted octanol–water partition coefficient (Wildman–Crippen LogP) is 2.86. The van der Waals surface area contributed by atoms with Crippen molar-refractivity contribution in [2.75, 3.05) is 7.05 Å². The van der Waals surface area contributed by atoms with Gasteiger partial charge in [-0.3, -0.25) is 9.69 Å². The van der Waals surface area contributed by atoms with Crippen molar-refractivity contribution in [1.29, 1.82) is 0 Å². The van der Waals surface area contributed by atoms with Gasteiger partial charge in [-0.05, 0) is 24.6 Å². The molecular formula is C15H15ClN4OS. The van der Waals surface area contributed by atoms with Crippen LogP contribution in [0.2, 0.25) is 5.02 Å². The van der Waals surface area contributed by atoms with Crippen molar-refractivity contribution >= 4 is 34.8 Å². The van der Waals surface area contributed by atoms with E-state index < -0.39 is 5.54 Å². The fourth-order valence-corrected chi connectivity index (χ4v) is 3.52. The second kappa shape index (κ2) is 5.37. The lowest BCUT2D eigenvalue weighted by Gasteiger charge is -2.31. The molecule has 5 nitrogen and oxygen atoms in total. The Kier molecular flexibility index (Phi) is 3.66. The normalized spacial score (nSPS) is 21.9. The maximum atomic E-state index is 12.0. The Balaban J connectivity index is 1.99. The SMILES string of the molecule is CN1C(=O)CC(C)(c2ncc(-c3cccc(Cl)c3)s2)N=C1N. The second-order valence-electron chi connectivity index (χ2n) is 5.41. The van der Waals surface area contributed by atoms with Crippen molar-refractivity contribution in [1.82, 2.24) is 9.88 Å². The summed E-state index contributed by atoms with van der Waals surface area (Å²) < 4.78 is 0. The number of nitrogens with two attached hydrogens (primary N) is 1. The zero-order chi connectivity index (χ0) is 15.9. The number of benzene rings is 1. The molecule has 2 heterocycles. The average Bonchev–Trinajstić information content (AvgIpc) is 2.95. The van der Waals surface area contributed by atoms with Crippen molar-refractivity contribution in [3.8, 4) is 10.4 Å². The Bertz CT molecular complexity index is 772. The largest absolute Gasteiger partial charge is 0.369 e. The van der Waals surface area contributed by atoms with Crippen LogP contribution in [0, 0.1) is 0 Å². The van der Waals surface area contributed by atoms with Gasteiger partial charge in [0.25, 0.3) is 0 Å². The number of carbonyl (C=O) groups is 1. The minimum absolute atomic E-state index is 0.0606. The molecule has 1 aliphatic rings. The summed E-state index contributed by atoms with van der Waals surface area (Å²) in [6.45, 7) is 1.88. The minimum atomic E-state index is -0.713. The summed E-state index contributed by atoms with van der Waals surface area (Å²) >= 11 is 7.53. The molecule has 1 aromatic heterocycles. The van der Waals surface area contributed by atoms with E-state index >= 15 is 0 Å². The second-order valence-corrected chi connectivity index (χ2v) is 6.88. The van der Waals surface area contributed by atoms with E-state index in [0.29, 0.717) is 5.02 Å². The fraction of sp³-hybridized carbons (Fsp3) is 0.267. The zero-order valence-corrected chi connectivity index (χ0v) is 13.8. The van der Waals surface area contributed by atoms with Gasteiger partial charge in [-0.15, -0.1) is 11.3 Å². The van der Waals surface area contributed by atoms with E-state index in [1.165, 1.54) is 16.2 Å². The highest BCUT2D eigenvalue weighted by Gasteiger charge is 2.38. The number of hydrogen-bond acceptors (Lipinski definition) is 5. The average molecular weight is 335 g/mol. The van der Waals surface area contributed by atoms with Gasteiger partial charge in [-0.1, -0.05) is 23.7 Å². The van der Waals surface area contributed by atoms with Crippen LogP contribution in [-0.4, -0.2) is 28.8 Å². The first-order chi connectivity index (χ1) is 10.4. The van der Waals surface area contributed by atoms with Crippen molar-refractivity contribution in [2.24, 2.45) is 10.7 Å². The molecular weight excluding hydrogens is 320 g/mol. The minimum Gasteiger partial charge on any atom is -0.369 e. The molecule has 2 N–H and O–H groups in total. The number of halogens is 1. The van der Waals surface area contributed by atoms with Crippen molar-refractivity contribution in [2.45, 2.75) is 18.9 Å². The fourth-order valence-electron chi connectivity index (χ4n) is 2.33. The molecule has 2 aromatic rings. The molecule has 1 atom stereocenters. The molecule has 0 bridgehead atoms. The van der Waals surface area contributed by atoms with E-state index in [2.05, 4.69) is 9.98 Å². The third-order valence-corrected chi connectivity index (χ3v) is 5.18. The number of nitrogens with zero attached hydrogens (tertiary/aromatic N) is 3. The van der Waals surface area contributed by atoms with Crippen molar-refractivity contribution in [3.05, 3.63) is 40.5 Å². The van der Waals surface area contributed by atoms with E-state index in [0.717, 1.165) is 15.4 Å². The van der Waals surface area contributed by atoms with Crippen molar-refractivity contribution in [3.63, 3.8) is 0 Å². The predicted molar refractivity (Wildman–Crippen MR) is 88.9 cm³/mol. The monoisotopic (exact) mass is 334 g/mol. The molecule has 1 aromatic carbocycles. The molecule has 0 saturated heterocycles. The lowest BCUT2D eigenvalue weighted by molar-refractivity contribution is -0.128. The van der Waals surface area contributed by atoms with E-state index in [9.17, 15) is 4.79 Å². The highest BCUT2D eigenvalue weighted by molar-refractivity contribution is 7.15. The van der Waals surface area contributed by atoms with Crippen LogP contribution in [0.1, 0.15) is 18.4 Å². The van der Waals surface area contributed by atoms with Gasteiger partial charge in [0.1, 0.15) is 10.5 Å². The number of rotatable bonds is 2. The Hall–Kier alpha value is -1.92. The van der Waals surface area contributed by atoms with Gasteiger partial charge in [-0.25, -0.2) is 9.98 Å². The van der Waals surface area contributed by atoms with Crippen LogP contribution in [-0.2, 0) is 10.3 Å². The number of guanidine groups is 1. The maximum Gasteiger partial charge on any atom is 0.231 e. The van der Waals surface area contributed by atoms with Crippen molar-refractivity contribution < 1.29 is 4.79 Å². The molecule has 7 heteroatoms. The van der Waals surface area contributed by atoms with Crippen LogP contribution in [0.3, 0.4) is 0 Å². The Labute approximate surface area is 137 Å². The molecule has 0 spiro atoms. The molecule has 114 valence electrons. The van der Waals surface area contributed by atoms with E-state index in [1.54, 1.807) is 13.2 Å². The summed E-state index contributed by atoms with van der Waals surface area (Å²) in [4.78, 5) is 23.3. The molecule has 3 rings (SSSR count). The standard InChI is InChI=1S/C15H15ClN4OS/c1-15(7-12(21)20(2)14(17)19-15)13-18-8-11(22-13)9-4-3-5-10(16)6-9/h3-6,8H,7H2,1-2H3,(H2,17,19).